The molecule has 0 aliphatic carbocycles. The third kappa shape index (κ3) is 3.30. The minimum absolute atomic E-state index is 0.0775. The zero-order chi connectivity index (χ0) is 18.8. The molecular weight excluding hydrogens is 336 g/mol. The first-order valence-electron chi connectivity index (χ1n) is 8.27. The Morgan fingerprint density at radius 2 is 2.08 bits per heavy atom. The van der Waals surface area contributed by atoms with Gasteiger partial charge in [0.15, 0.2) is 0 Å². The van der Waals surface area contributed by atoms with E-state index in [2.05, 4.69) is 10.3 Å². The fraction of sp³-hybridized carbons (Fsp3) is 0.333. The molecule has 0 saturated heterocycles. The van der Waals surface area contributed by atoms with Crippen LogP contribution in [-0.2, 0) is 20.5 Å². The van der Waals surface area contributed by atoms with Crippen LogP contribution in [0.5, 0.6) is 0 Å². The summed E-state index contributed by atoms with van der Waals surface area (Å²) in [5.41, 5.74) is -0.409. The number of fused-ring (bicyclic) bond motifs is 1. The molecule has 0 radical (unpaired) electrons. The number of amides is 1. The number of hydrogen-bond donors (Lipinski definition) is 1. The summed E-state index contributed by atoms with van der Waals surface area (Å²) < 4.78 is 7.56. The molecule has 0 saturated carbocycles. The van der Waals surface area contributed by atoms with E-state index in [9.17, 15) is 14.4 Å². The molecule has 1 atom stereocenters. The third-order valence-electron chi connectivity index (χ3n) is 4.34. The lowest BCUT2D eigenvalue weighted by atomic mass is 10.1. The molecule has 0 aliphatic heterocycles. The number of aromatic nitrogens is 3. The molecule has 26 heavy (non-hydrogen) atoms. The number of rotatable bonds is 5. The maximum absolute atomic E-state index is 12.5. The molecule has 0 unspecified atom stereocenters. The van der Waals surface area contributed by atoms with E-state index in [0.717, 1.165) is 16.7 Å². The van der Waals surface area contributed by atoms with Crippen LogP contribution in [0.3, 0.4) is 0 Å². The van der Waals surface area contributed by atoms with Gasteiger partial charge in [-0.25, -0.2) is 9.78 Å². The summed E-state index contributed by atoms with van der Waals surface area (Å²) in [6, 6.07) is 5.11. The molecule has 136 valence electrons. The number of aryl methyl sites for hydroxylation is 2. The van der Waals surface area contributed by atoms with Gasteiger partial charge in [-0.05, 0) is 31.5 Å². The van der Waals surface area contributed by atoms with Gasteiger partial charge < -0.3 is 9.73 Å². The Morgan fingerprint density at radius 1 is 1.31 bits per heavy atom. The number of pyridine rings is 1. The van der Waals surface area contributed by atoms with Gasteiger partial charge in [0, 0.05) is 32.8 Å². The quantitative estimate of drug-likeness (QED) is 0.735. The lowest BCUT2D eigenvalue weighted by Crippen LogP contribution is -2.38. The fourth-order valence-corrected chi connectivity index (χ4v) is 2.78. The highest BCUT2D eigenvalue weighted by Gasteiger charge is 2.15. The van der Waals surface area contributed by atoms with Crippen LogP contribution < -0.4 is 16.6 Å². The van der Waals surface area contributed by atoms with Crippen LogP contribution in [0.2, 0.25) is 0 Å². The smallest absolute Gasteiger partial charge is 0.332 e. The molecule has 0 spiro atoms. The van der Waals surface area contributed by atoms with E-state index in [1.165, 1.54) is 30.9 Å². The Hall–Kier alpha value is -3.16. The molecular formula is C18H20N4O4. The first-order valence-corrected chi connectivity index (χ1v) is 8.27. The average Bonchev–Trinajstić information content (AvgIpc) is 3.16. The predicted molar refractivity (Wildman–Crippen MR) is 96.2 cm³/mol. The molecule has 3 aromatic rings. The van der Waals surface area contributed by atoms with Crippen molar-refractivity contribution in [2.45, 2.75) is 25.8 Å². The highest BCUT2D eigenvalue weighted by atomic mass is 16.3. The number of carbonyl (C=O) groups excluding carboxylic acids is 1. The second-order valence-corrected chi connectivity index (χ2v) is 6.29. The molecule has 8 heteroatoms. The summed E-state index contributed by atoms with van der Waals surface area (Å²) in [5, 5.41) is 3.11. The summed E-state index contributed by atoms with van der Waals surface area (Å²) in [7, 11) is 2.93. The van der Waals surface area contributed by atoms with Crippen LogP contribution in [0.4, 0.5) is 0 Å². The van der Waals surface area contributed by atoms with E-state index < -0.39 is 11.2 Å². The topological polar surface area (TPSA) is 99.1 Å². The molecule has 0 bridgehead atoms. The SMILES string of the molecule is C[C@@H](CCc1ccco1)NC(=O)c1cnc2c(c1)c(=O)n(C)c(=O)n2C. The van der Waals surface area contributed by atoms with Crippen LogP contribution in [0, 0.1) is 0 Å². The van der Waals surface area contributed by atoms with Crippen LogP contribution in [0.1, 0.15) is 29.5 Å². The van der Waals surface area contributed by atoms with Crippen molar-refractivity contribution in [1.29, 1.82) is 0 Å². The normalized spacial score (nSPS) is 12.3. The lowest BCUT2D eigenvalue weighted by Gasteiger charge is -2.13. The van der Waals surface area contributed by atoms with Gasteiger partial charge in [-0.15, -0.1) is 0 Å². The molecule has 0 aromatic carbocycles. The van der Waals surface area contributed by atoms with Gasteiger partial charge in [0.1, 0.15) is 11.4 Å². The lowest BCUT2D eigenvalue weighted by molar-refractivity contribution is 0.0938. The second-order valence-electron chi connectivity index (χ2n) is 6.29. The first-order chi connectivity index (χ1) is 12.4. The van der Waals surface area contributed by atoms with E-state index in [1.54, 1.807) is 6.26 Å². The Morgan fingerprint density at radius 3 is 2.77 bits per heavy atom. The number of nitrogens with one attached hydrogen (secondary N) is 1. The van der Waals surface area contributed by atoms with Crippen LogP contribution in [0.15, 0.2) is 44.7 Å². The van der Waals surface area contributed by atoms with Crippen molar-refractivity contribution in [3.8, 4) is 0 Å². The van der Waals surface area contributed by atoms with Crippen LogP contribution in [0.25, 0.3) is 11.0 Å². The zero-order valence-electron chi connectivity index (χ0n) is 14.9. The van der Waals surface area contributed by atoms with Crippen molar-refractivity contribution in [2.24, 2.45) is 14.1 Å². The molecule has 3 heterocycles. The van der Waals surface area contributed by atoms with Gasteiger partial charge in [-0.3, -0.25) is 18.7 Å². The maximum Gasteiger partial charge on any atom is 0.332 e. The fourth-order valence-electron chi connectivity index (χ4n) is 2.78. The minimum atomic E-state index is -0.476. The summed E-state index contributed by atoms with van der Waals surface area (Å²) in [5.74, 6) is 0.546. The number of nitrogens with zero attached hydrogens (tertiary/aromatic N) is 3. The molecule has 3 rings (SSSR count). The van der Waals surface area contributed by atoms with Crippen molar-refractivity contribution in [2.75, 3.05) is 0 Å². The van der Waals surface area contributed by atoms with Gasteiger partial charge >= 0.3 is 5.69 Å². The Balaban J connectivity index is 1.80. The van der Waals surface area contributed by atoms with Crippen LogP contribution >= 0.6 is 0 Å². The Labute approximate surface area is 149 Å². The van der Waals surface area contributed by atoms with Crippen molar-refractivity contribution < 1.29 is 9.21 Å². The van der Waals surface area contributed by atoms with Crippen molar-refractivity contribution in [3.05, 3.63) is 62.8 Å². The number of carbonyl (C=O) groups is 1. The summed E-state index contributed by atoms with van der Waals surface area (Å²) in [6.45, 7) is 1.90. The largest absolute Gasteiger partial charge is 0.469 e. The second kappa shape index (κ2) is 6.99. The van der Waals surface area contributed by atoms with Gasteiger partial charge in [0.2, 0.25) is 0 Å². The van der Waals surface area contributed by atoms with Crippen LogP contribution in [-0.4, -0.2) is 26.1 Å². The zero-order valence-corrected chi connectivity index (χ0v) is 14.9. The van der Waals surface area contributed by atoms with E-state index >= 15 is 0 Å². The molecule has 1 amide bonds. The first kappa shape index (κ1) is 17.7. The highest BCUT2D eigenvalue weighted by molar-refractivity contribution is 5.96. The van der Waals surface area contributed by atoms with E-state index in [0.29, 0.717) is 6.42 Å². The van der Waals surface area contributed by atoms with E-state index in [4.69, 9.17) is 4.42 Å². The van der Waals surface area contributed by atoms with Gasteiger partial charge in [0.05, 0.1) is 17.2 Å². The van der Waals surface area contributed by atoms with Crippen molar-refractivity contribution >= 4 is 16.9 Å². The number of furan rings is 1. The monoisotopic (exact) mass is 356 g/mol. The van der Waals surface area contributed by atoms with Crippen molar-refractivity contribution in [1.82, 2.24) is 19.4 Å². The molecule has 0 fully saturated rings. The van der Waals surface area contributed by atoms with Gasteiger partial charge in [-0.2, -0.15) is 0 Å². The Bertz CT molecular complexity index is 1060. The third-order valence-corrected chi connectivity index (χ3v) is 4.34. The predicted octanol–water partition coefficient (Wildman–Crippen LogP) is 0.976. The molecule has 8 nitrogen and oxygen atoms in total. The Kier molecular flexibility index (Phi) is 4.75. The van der Waals surface area contributed by atoms with E-state index in [1.807, 2.05) is 19.1 Å². The average molecular weight is 356 g/mol. The minimum Gasteiger partial charge on any atom is -0.469 e. The summed E-state index contributed by atoms with van der Waals surface area (Å²) in [6.07, 6.45) is 4.42. The van der Waals surface area contributed by atoms with Crippen molar-refractivity contribution in [3.63, 3.8) is 0 Å². The van der Waals surface area contributed by atoms with Gasteiger partial charge in [0.25, 0.3) is 11.5 Å². The molecule has 3 aromatic heterocycles. The van der Waals surface area contributed by atoms with E-state index in [-0.39, 0.29) is 28.5 Å². The molecule has 0 aliphatic rings. The van der Waals surface area contributed by atoms with Gasteiger partial charge in [-0.1, -0.05) is 0 Å². The maximum atomic E-state index is 12.5. The summed E-state index contributed by atoms with van der Waals surface area (Å²) in [4.78, 5) is 40.8. The number of hydrogen-bond acceptors (Lipinski definition) is 5. The highest BCUT2D eigenvalue weighted by Crippen LogP contribution is 2.09. The standard InChI is InChI=1S/C18H20N4O4/c1-11(6-7-13-5-4-8-26-13)20-16(23)12-9-14-15(19-10-12)21(2)18(25)22(3)17(14)24/h4-5,8-11H,6-7H2,1-3H3,(H,20,23)/t11-/m0/s1. The summed E-state index contributed by atoms with van der Waals surface area (Å²) >= 11 is 0. The molecule has 1 N–H and O–H groups in total.